The van der Waals surface area contributed by atoms with Crippen molar-refractivity contribution in [2.45, 2.75) is 72.0 Å². The summed E-state index contributed by atoms with van der Waals surface area (Å²) in [4.78, 5) is 20.7. The molecule has 0 spiro atoms. The largest absolute Gasteiger partial charge is 0.381 e. The van der Waals surface area contributed by atoms with E-state index in [4.69, 9.17) is 14.5 Å². The second-order valence-corrected chi connectivity index (χ2v) is 13.9. The highest BCUT2D eigenvalue weighted by atomic mass is 19.1. The molecule has 278 valence electrons. The topological polar surface area (TPSA) is 106 Å². The maximum atomic E-state index is 15.1. The molecule has 53 heavy (non-hydrogen) atoms. The molecule has 4 heterocycles. The van der Waals surface area contributed by atoms with Gasteiger partial charge in [-0.15, -0.1) is 0 Å². The van der Waals surface area contributed by atoms with Gasteiger partial charge in [-0.2, -0.15) is 5.10 Å². The van der Waals surface area contributed by atoms with E-state index in [1.54, 1.807) is 12.1 Å². The molecule has 0 aliphatic carbocycles. The number of amides is 1. The normalized spacial score (nSPS) is 15.5. The predicted molar refractivity (Wildman–Crippen MR) is 206 cm³/mol. The van der Waals surface area contributed by atoms with Gasteiger partial charge in [0.15, 0.2) is 5.65 Å². The fourth-order valence-electron chi connectivity index (χ4n) is 7.29. The van der Waals surface area contributed by atoms with Gasteiger partial charge in [0.25, 0.3) is 5.91 Å². The number of ether oxygens (including phenoxy) is 2. The molecule has 2 fully saturated rings. The number of hydrogen-bond donors (Lipinski definition) is 3. The summed E-state index contributed by atoms with van der Waals surface area (Å²) in [5, 5.41) is 15.8. The molecule has 11 heteroatoms. The van der Waals surface area contributed by atoms with Gasteiger partial charge in [0, 0.05) is 81.8 Å². The summed E-state index contributed by atoms with van der Waals surface area (Å²) in [5.74, 6) is -0.481. The first-order valence-corrected chi connectivity index (χ1v) is 19.0. The van der Waals surface area contributed by atoms with Crippen molar-refractivity contribution in [1.29, 1.82) is 0 Å². The van der Waals surface area contributed by atoms with Crippen LogP contribution in [0.2, 0.25) is 0 Å². The molecule has 5 aromatic rings. The molecule has 1 amide bonds. The minimum atomic E-state index is -0.281. The molecular formula is C42H50FN7O3. The number of benzene rings is 3. The number of hydrogen-bond acceptors (Lipinski definition) is 8. The number of carbonyl (C=O) groups is 1. The Bertz CT molecular complexity index is 2020. The van der Waals surface area contributed by atoms with Crippen LogP contribution in [0.5, 0.6) is 0 Å². The van der Waals surface area contributed by atoms with Crippen LogP contribution in [0, 0.1) is 5.82 Å². The third-order valence-corrected chi connectivity index (χ3v) is 10.2. The van der Waals surface area contributed by atoms with Crippen molar-refractivity contribution in [3.05, 3.63) is 112 Å². The fourth-order valence-corrected chi connectivity index (χ4v) is 7.29. The Labute approximate surface area is 311 Å². The third kappa shape index (κ3) is 8.93. The van der Waals surface area contributed by atoms with Crippen molar-refractivity contribution in [1.82, 2.24) is 30.3 Å². The van der Waals surface area contributed by atoms with E-state index in [9.17, 15) is 4.79 Å². The van der Waals surface area contributed by atoms with Crippen molar-refractivity contribution in [2.24, 2.45) is 0 Å². The number of rotatable bonds is 14. The molecule has 2 aliphatic rings. The standard InChI is InChI=1S/C42H50FN7O3/c1-3-39-37(40(47-34-13-19-52-20-14-34)36-25-46-50(4-2)41(36)48-39)28-53-27-31-8-6-10-33(22-31)42(51)45-24-29-11-12-38(43)35(23-29)32-9-5-7-30(21-32)26-49-17-15-44-16-18-49/h5-12,21-23,25,34,44H,3-4,13-20,24,26-28H2,1-2H3,(H,45,51)(H,47,48). The van der Waals surface area contributed by atoms with Crippen molar-refractivity contribution in [2.75, 3.05) is 44.7 Å². The van der Waals surface area contributed by atoms with Crippen LogP contribution >= 0.6 is 0 Å². The fraction of sp³-hybridized carbons (Fsp3) is 0.405. The number of nitrogens with one attached hydrogen (secondary N) is 3. The van der Waals surface area contributed by atoms with Gasteiger partial charge >= 0.3 is 0 Å². The summed E-state index contributed by atoms with van der Waals surface area (Å²) in [5.41, 5.74) is 8.74. The molecule has 0 unspecified atom stereocenters. The monoisotopic (exact) mass is 719 g/mol. The summed E-state index contributed by atoms with van der Waals surface area (Å²) >= 11 is 0. The van der Waals surface area contributed by atoms with Gasteiger partial charge in [-0.05, 0) is 78.8 Å². The van der Waals surface area contributed by atoms with Gasteiger partial charge in [-0.25, -0.2) is 14.1 Å². The van der Waals surface area contributed by atoms with Gasteiger partial charge in [-0.3, -0.25) is 9.69 Å². The van der Waals surface area contributed by atoms with Gasteiger partial charge < -0.3 is 25.4 Å². The highest BCUT2D eigenvalue weighted by Crippen LogP contribution is 2.32. The van der Waals surface area contributed by atoms with Gasteiger partial charge in [0.2, 0.25) is 0 Å². The zero-order chi connectivity index (χ0) is 36.6. The minimum absolute atomic E-state index is 0.199. The third-order valence-electron chi connectivity index (χ3n) is 10.2. The molecule has 2 aromatic heterocycles. The average Bonchev–Trinajstić information content (AvgIpc) is 3.62. The average molecular weight is 720 g/mol. The number of aryl methyl sites for hydroxylation is 2. The van der Waals surface area contributed by atoms with Crippen LogP contribution in [0.3, 0.4) is 0 Å². The number of piperazine rings is 1. The summed E-state index contributed by atoms with van der Waals surface area (Å²) in [6.07, 6.45) is 4.55. The number of nitrogens with zero attached hydrogens (tertiary/aromatic N) is 4. The SMILES string of the molecule is CCc1nc2c(cnn2CC)c(NC2CCOCC2)c1COCc1cccc(C(=O)NCc2ccc(F)c(-c3cccc(CN4CCNCC4)c3)c2)c1. The molecule has 3 aromatic carbocycles. The molecule has 0 saturated carbocycles. The quantitative estimate of drug-likeness (QED) is 0.120. The Balaban J connectivity index is 0.997. The number of pyridine rings is 1. The molecule has 0 radical (unpaired) electrons. The summed E-state index contributed by atoms with van der Waals surface area (Å²) in [6, 6.07) is 20.9. The van der Waals surface area contributed by atoms with Gasteiger partial charge in [0.1, 0.15) is 5.82 Å². The smallest absolute Gasteiger partial charge is 0.251 e. The zero-order valence-electron chi connectivity index (χ0n) is 30.8. The predicted octanol–water partition coefficient (Wildman–Crippen LogP) is 6.46. The molecule has 7 rings (SSSR count). The van der Waals surface area contributed by atoms with E-state index in [0.29, 0.717) is 30.4 Å². The second kappa shape index (κ2) is 17.4. The number of anilines is 1. The van der Waals surface area contributed by atoms with Gasteiger partial charge in [-0.1, -0.05) is 43.3 Å². The van der Waals surface area contributed by atoms with Crippen molar-refractivity contribution in [3.8, 4) is 11.1 Å². The Morgan fingerprint density at radius 2 is 1.79 bits per heavy atom. The lowest BCUT2D eigenvalue weighted by atomic mass is 10.00. The van der Waals surface area contributed by atoms with Crippen LogP contribution in [0.4, 0.5) is 10.1 Å². The lowest BCUT2D eigenvalue weighted by Gasteiger charge is -2.27. The number of carbonyl (C=O) groups excluding carboxylic acids is 1. The molecular weight excluding hydrogens is 670 g/mol. The highest BCUT2D eigenvalue weighted by molar-refractivity contribution is 5.94. The van der Waals surface area contributed by atoms with Crippen molar-refractivity contribution in [3.63, 3.8) is 0 Å². The van der Waals surface area contributed by atoms with Crippen LogP contribution in [0.1, 0.15) is 65.0 Å². The highest BCUT2D eigenvalue weighted by Gasteiger charge is 2.22. The summed E-state index contributed by atoms with van der Waals surface area (Å²) in [6.45, 7) is 12.2. The zero-order valence-corrected chi connectivity index (χ0v) is 30.8. The molecule has 0 bridgehead atoms. The maximum absolute atomic E-state index is 15.1. The Morgan fingerprint density at radius 1 is 0.981 bits per heavy atom. The first-order chi connectivity index (χ1) is 26.0. The molecule has 3 N–H and O–H groups in total. The van der Waals surface area contributed by atoms with Crippen molar-refractivity contribution >= 4 is 22.6 Å². The van der Waals surface area contributed by atoms with E-state index >= 15 is 4.39 Å². The molecule has 0 atom stereocenters. The van der Waals surface area contributed by atoms with Crippen molar-refractivity contribution < 1.29 is 18.7 Å². The minimum Gasteiger partial charge on any atom is -0.381 e. The lowest BCUT2D eigenvalue weighted by molar-refractivity contribution is 0.0901. The molecule has 2 saturated heterocycles. The Morgan fingerprint density at radius 3 is 2.60 bits per heavy atom. The first-order valence-electron chi connectivity index (χ1n) is 19.0. The number of halogens is 1. The Hall–Kier alpha value is -4.68. The van der Waals surface area contributed by atoms with E-state index in [2.05, 4.69) is 51.9 Å². The first kappa shape index (κ1) is 36.7. The van der Waals surface area contributed by atoms with Crippen LogP contribution in [0.15, 0.2) is 72.9 Å². The van der Waals surface area contributed by atoms with E-state index in [-0.39, 0.29) is 18.3 Å². The lowest BCUT2D eigenvalue weighted by Crippen LogP contribution is -2.42. The Kier molecular flexibility index (Phi) is 12.1. The molecule has 10 nitrogen and oxygen atoms in total. The van der Waals surface area contributed by atoms with Gasteiger partial charge in [0.05, 0.1) is 36.2 Å². The number of fused-ring (bicyclic) bond motifs is 1. The summed E-state index contributed by atoms with van der Waals surface area (Å²) in [7, 11) is 0. The van der Waals surface area contributed by atoms with E-state index in [0.717, 1.165) is 122 Å². The summed E-state index contributed by atoms with van der Waals surface area (Å²) < 4.78 is 29.0. The van der Waals surface area contributed by atoms with E-state index in [1.165, 1.54) is 6.07 Å². The van der Waals surface area contributed by atoms with E-state index in [1.807, 2.05) is 47.3 Å². The van der Waals surface area contributed by atoms with E-state index < -0.39 is 0 Å². The van der Waals surface area contributed by atoms with Crippen LogP contribution in [0.25, 0.3) is 22.2 Å². The molecule has 2 aliphatic heterocycles. The van der Waals surface area contributed by atoms with Crippen LogP contribution in [-0.2, 0) is 48.7 Å². The maximum Gasteiger partial charge on any atom is 0.251 e. The number of aromatic nitrogens is 3. The van der Waals surface area contributed by atoms with Crippen LogP contribution < -0.4 is 16.0 Å². The van der Waals surface area contributed by atoms with Crippen LogP contribution in [-0.4, -0.2) is 71.0 Å². The second-order valence-electron chi connectivity index (χ2n) is 13.9.